The van der Waals surface area contributed by atoms with Crippen molar-refractivity contribution in [3.05, 3.63) is 66.0 Å². The summed E-state index contributed by atoms with van der Waals surface area (Å²) in [6.07, 6.45) is 4.05. The number of pyridine rings is 1. The molecule has 1 aromatic carbocycles. The molecule has 0 amide bonds. The van der Waals surface area contributed by atoms with Crippen LogP contribution in [0.4, 0.5) is 0 Å². The first-order chi connectivity index (χ1) is 10.9. The Kier molecular flexibility index (Phi) is 4.83. The number of fused-ring (bicyclic) bond motifs is 1. The number of rotatable bonds is 7. The predicted octanol–water partition coefficient (Wildman–Crippen LogP) is 2.82. The first-order valence-electron chi connectivity index (χ1n) is 7.55. The monoisotopic (exact) mass is 295 g/mol. The summed E-state index contributed by atoms with van der Waals surface area (Å²) in [7, 11) is 1.72. The molecule has 0 atom stereocenters. The molecule has 1 N–H and O–H groups in total. The van der Waals surface area contributed by atoms with E-state index >= 15 is 0 Å². The summed E-state index contributed by atoms with van der Waals surface area (Å²) in [6, 6.07) is 14.6. The SMILES string of the molecule is COCCNCc1cn(Cc2ccccc2)c2ncccc12. The van der Waals surface area contributed by atoms with Gasteiger partial charge in [0.2, 0.25) is 0 Å². The van der Waals surface area contributed by atoms with Crippen LogP contribution in [0.5, 0.6) is 0 Å². The third-order valence-electron chi connectivity index (χ3n) is 3.71. The van der Waals surface area contributed by atoms with E-state index in [1.165, 1.54) is 16.5 Å². The van der Waals surface area contributed by atoms with E-state index in [0.29, 0.717) is 0 Å². The van der Waals surface area contributed by atoms with Gasteiger partial charge in [0, 0.05) is 44.5 Å². The summed E-state index contributed by atoms with van der Waals surface area (Å²) in [5.74, 6) is 0. The number of benzene rings is 1. The van der Waals surface area contributed by atoms with Crippen LogP contribution >= 0.6 is 0 Å². The van der Waals surface area contributed by atoms with E-state index in [0.717, 1.165) is 31.9 Å². The van der Waals surface area contributed by atoms with Gasteiger partial charge in [-0.05, 0) is 23.3 Å². The molecular weight excluding hydrogens is 274 g/mol. The number of nitrogens with zero attached hydrogens (tertiary/aromatic N) is 2. The number of hydrogen-bond donors (Lipinski definition) is 1. The largest absolute Gasteiger partial charge is 0.383 e. The van der Waals surface area contributed by atoms with Gasteiger partial charge < -0.3 is 14.6 Å². The molecular formula is C18H21N3O. The molecule has 3 aromatic rings. The Hall–Kier alpha value is -2.17. The smallest absolute Gasteiger partial charge is 0.140 e. The summed E-state index contributed by atoms with van der Waals surface area (Å²) >= 11 is 0. The highest BCUT2D eigenvalue weighted by Gasteiger charge is 2.09. The Labute approximate surface area is 130 Å². The molecule has 0 saturated heterocycles. The zero-order valence-corrected chi connectivity index (χ0v) is 12.8. The van der Waals surface area contributed by atoms with Crippen molar-refractivity contribution in [2.45, 2.75) is 13.1 Å². The quantitative estimate of drug-likeness (QED) is 0.681. The van der Waals surface area contributed by atoms with Crippen LogP contribution < -0.4 is 5.32 Å². The van der Waals surface area contributed by atoms with E-state index in [4.69, 9.17) is 4.74 Å². The van der Waals surface area contributed by atoms with Crippen molar-refractivity contribution in [3.8, 4) is 0 Å². The number of methoxy groups -OCH3 is 1. The van der Waals surface area contributed by atoms with Gasteiger partial charge in [0.15, 0.2) is 0 Å². The molecule has 2 aromatic heterocycles. The van der Waals surface area contributed by atoms with Crippen molar-refractivity contribution in [2.75, 3.05) is 20.3 Å². The topological polar surface area (TPSA) is 39.1 Å². The normalized spacial score (nSPS) is 11.1. The molecule has 0 aliphatic carbocycles. The van der Waals surface area contributed by atoms with Crippen molar-refractivity contribution in [3.63, 3.8) is 0 Å². The average molecular weight is 295 g/mol. The van der Waals surface area contributed by atoms with E-state index in [2.05, 4.69) is 51.4 Å². The minimum atomic E-state index is 0.723. The zero-order valence-electron chi connectivity index (χ0n) is 12.8. The Bertz CT molecular complexity index is 722. The van der Waals surface area contributed by atoms with Gasteiger partial charge in [0.1, 0.15) is 5.65 Å². The average Bonchev–Trinajstić information content (AvgIpc) is 2.91. The summed E-state index contributed by atoms with van der Waals surface area (Å²) in [5.41, 5.74) is 3.59. The zero-order chi connectivity index (χ0) is 15.2. The molecule has 0 radical (unpaired) electrons. The van der Waals surface area contributed by atoms with Crippen LogP contribution in [0.1, 0.15) is 11.1 Å². The highest BCUT2D eigenvalue weighted by atomic mass is 16.5. The molecule has 0 aliphatic heterocycles. The van der Waals surface area contributed by atoms with E-state index < -0.39 is 0 Å². The van der Waals surface area contributed by atoms with Gasteiger partial charge in [-0.2, -0.15) is 0 Å². The molecule has 2 heterocycles. The van der Waals surface area contributed by atoms with E-state index in [-0.39, 0.29) is 0 Å². The number of ether oxygens (including phenoxy) is 1. The van der Waals surface area contributed by atoms with Gasteiger partial charge in [0.25, 0.3) is 0 Å². The van der Waals surface area contributed by atoms with Crippen molar-refractivity contribution >= 4 is 11.0 Å². The lowest BCUT2D eigenvalue weighted by molar-refractivity contribution is 0.199. The van der Waals surface area contributed by atoms with E-state index in [1.54, 1.807) is 7.11 Å². The first kappa shape index (κ1) is 14.8. The highest BCUT2D eigenvalue weighted by molar-refractivity contribution is 5.80. The van der Waals surface area contributed by atoms with E-state index in [1.807, 2.05) is 18.3 Å². The van der Waals surface area contributed by atoms with Crippen LogP contribution in [0.25, 0.3) is 11.0 Å². The van der Waals surface area contributed by atoms with Gasteiger partial charge in [-0.15, -0.1) is 0 Å². The third kappa shape index (κ3) is 3.35. The molecule has 0 aliphatic rings. The summed E-state index contributed by atoms with van der Waals surface area (Å²) < 4.78 is 7.29. The third-order valence-corrected chi connectivity index (χ3v) is 3.71. The molecule has 4 nitrogen and oxygen atoms in total. The predicted molar refractivity (Wildman–Crippen MR) is 88.9 cm³/mol. The van der Waals surface area contributed by atoms with Gasteiger partial charge in [-0.3, -0.25) is 0 Å². The Balaban J connectivity index is 1.84. The molecule has 0 bridgehead atoms. The second-order valence-electron chi connectivity index (χ2n) is 5.31. The van der Waals surface area contributed by atoms with Crippen LogP contribution in [0.2, 0.25) is 0 Å². The van der Waals surface area contributed by atoms with Crippen molar-refractivity contribution in [1.29, 1.82) is 0 Å². The van der Waals surface area contributed by atoms with Gasteiger partial charge >= 0.3 is 0 Å². The molecule has 114 valence electrons. The lowest BCUT2D eigenvalue weighted by Crippen LogP contribution is -2.18. The lowest BCUT2D eigenvalue weighted by Gasteiger charge is -2.04. The fourth-order valence-electron chi connectivity index (χ4n) is 2.63. The summed E-state index contributed by atoms with van der Waals surface area (Å²) in [6.45, 7) is 3.24. The number of hydrogen-bond acceptors (Lipinski definition) is 3. The van der Waals surface area contributed by atoms with Gasteiger partial charge in [0.05, 0.1) is 6.61 Å². The standard InChI is InChI=1S/C18H21N3O/c1-22-11-10-19-12-16-14-21(13-15-6-3-2-4-7-15)18-17(16)8-5-9-20-18/h2-9,14,19H,10-13H2,1H3. The lowest BCUT2D eigenvalue weighted by atomic mass is 10.2. The maximum absolute atomic E-state index is 5.07. The summed E-state index contributed by atoms with van der Waals surface area (Å²) in [4.78, 5) is 4.55. The fraction of sp³-hybridized carbons (Fsp3) is 0.278. The molecule has 22 heavy (non-hydrogen) atoms. The summed E-state index contributed by atoms with van der Waals surface area (Å²) in [5, 5.41) is 4.62. The van der Waals surface area contributed by atoms with Crippen LogP contribution in [0.15, 0.2) is 54.9 Å². The molecule has 0 unspecified atom stereocenters. The second kappa shape index (κ2) is 7.20. The van der Waals surface area contributed by atoms with Crippen LogP contribution in [-0.4, -0.2) is 29.8 Å². The van der Waals surface area contributed by atoms with Crippen molar-refractivity contribution in [1.82, 2.24) is 14.9 Å². The molecule has 0 spiro atoms. The van der Waals surface area contributed by atoms with Gasteiger partial charge in [-0.25, -0.2) is 4.98 Å². The maximum atomic E-state index is 5.07. The molecule has 0 saturated carbocycles. The molecule has 0 fully saturated rings. The van der Waals surface area contributed by atoms with Crippen LogP contribution in [-0.2, 0) is 17.8 Å². The number of nitrogens with one attached hydrogen (secondary N) is 1. The Morgan fingerprint density at radius 2 is 2.00 bits per heavy atom. The minimum absolute atomic E-state index is 0.723. The van der Waals surface area contributed by atoms with Crippen molar-refractivity contribution in [2.24, 2.45) is 0 Å². The first-order valence-corrected chi connectivity index (χ1v) is 7.55. The van der Waals surface area contributed by atoms with Crippen LogP contribution in [0.3, 0.4) is 0 Å². The Morgan fingerprint density at radius 3 is 2.82 bits per heavy atom. The number of aromatic nitrogens is 2. The molecule has 4 heteroatoms. The fourth-order valence-corrected chi connectivity index (χ4v) is 2.63. The van der Waals surface area contributed by atoms with Gasteiger partial charge in [-0.1, -0.05) is 30.3 Å². The maximum Gasteiger partial charge on any atom is 0.140 e. The van der Waals surface area contributed by atoms with E-state index in [9.17, 15) is 0 Å². The highest BCUT2D eigenvalue weighted by Crippen LogP contribution is 2.20. The Morgan fingerprint density at radius 1 is 1.14 bits per heavy atom. The minimum Gasteiger partial charge on any atom is -0.383 e. The van der Waals surface area contributed by atoms with Crippen molar-refractivity contribution < 1.29 is 4.74 Å². The molecule has 3 rings (SSSR count). The second-order valence-corrected chi connectivity index (χ2v) is 5.31. The van der Waals surface area contributed by atoms with Crippen LogP contribution in [0, 0.1) is 0 Å².